The van der Waals surface area contributed by atoms with Crippen LogP contribution in [0.2, 0.25) is 0 Å². The Balaban J connectivity index is 2.44. The Morgan fingerprint density at radius 2 is 0.857 bits per heavy atom. The highest BCUT2D eigenvalue weighted by atomic mass is 35.5. The number of alkyl halides is 2. The first kappa shape index (κ1) is 23.3. The normalized spacial score (nSPS) is 12.5. The number of hydrogen-bond donors (Lipinski definition) is 0. The lowest BCUT2D eigenvalue weighted by molar-refractivity contribution is 0.587. The van der Waals surface area contributed by atoms with Crippen molar-refractivity contribution in [3.05, 3.63) is 68.8 Å². The average Bonchev–Trinajstić information content (AvgIpc) is 2.59. The third-order valence-corrected chi connectivity index (χ3v) is 6.51. The van der Waals surface area contributed by atoms with Gasteiger partial charge in [-0.05, 0) is 82.0 Å². The largest absolute Gasteiger partial charge is 0.122 e. The summed E-state index contributed by atoms with van der Waals surface area (Å²) in [6.07, 6.45) is 2.05. The highest BCUT2D eigenvalue weighted by Gasteiger charge is 2.19. The maximum Gasteiger partial charge on any atom is 0.0476 e. The van der Waals surface area contributed by atoms with E-state index < -0.39 is 0 Å². The van der Waals surface area contributed by atoms with Gasteiger partial charge >= 0.3 is 0 Å². The average molecular weight is 419 g/mol. The zero-order valence-electron chi connectivity index (χ0n) is 18.9. The molecule has 0 heterocycles. The molecule has 154 valence electrons. The van der Waals surface area contributed by atoms with Crippen LogP contribution < -0.4 is 0 Å². The topological polar surface area (TPSA) is 0 Å². The van der Waals surface area contributed by atoms with Crippen molar-refractivity contribution in [2.75, 3.05) is 0 Å². The molecule has 0 atom stereocenters. The van der Waals surface area contributed by atoms with Crippen LogP contribution in [0, 0.1) is 13.8 Å². The van der Waals surface area contributed by atoms with E-state index in [0.29, 0.717) is 11.8 Å². The summed E-state index contributed by atoms with van der Waals surface area (Å²) in [5.74, 6) is 1.13. The molecule has 2 rings (SSSR count). The van der Waals surface area contributed by atoms with E-state index in [1.54, 1.807) is 0 Å². The molecule has 2 aromatic carbocycles. The predicted molar refractivity (Wildman–Crippen MR) is 126 cm³/mol. The van der Waals surface area contributed by atoms with E-state index in [9.17, 15) is 0 Å². The molecule has 0 aliphatic rings. The number of hydrogen-bond acceptors (Lipinski definition) is 0. The first-order chi connectivity index (χ1) is 12.9. The van der Waals surface area contributed by atoms with Crippen LogP contribution in [0.1, 0.15) is 86.1 Å². The van der Waals surface area contributed by atoms with Crippen LogP contribution in [-0.4, -0.2) is 0 Å². The standard InChI is InChI=1S/C26H36Cl2/c1-17-19(11-23(25(3,4)5)13-21(17)15-27)9-10-20-12-24(26(6,7)8)14-22(16-28)18(20)2/h11-14H,9-10,15-16H2,1-8H3. The molecule has 2 heteroatoms. The van der Waals surface area contributed by atoms with Crippen LogP contribution in [0.15, 0.2) is 24.3 Å². The fourth-order valence-electron chi connectivity index (χ4n) is 3.61. The van der Waals surface area contributed by atoms with Crippen molar-refractivity contribution in [1.29, 1.82) is 0 Å². The summed E-state index contributed by atoms with van der Waals surface area (Å²) >= 11 is 12.5. The van der Waals surface area contributed by atoms with E-state index in [-0.39, 0.29) is 10.8 Å². The van der Waals surface area contributed by atoms with E-state index in [1.807, 2.05) is 0 Å². The molecule has 0 saturated carbocycles. The molecule has 0 aliphatic carbocycles. The minimum Gasteiger partial charge on any atom is -0.122 e. The molecule has 28 heavy (non-hydrogen) atoms. The van der Waals surface area contributed by atoms with Crippen LogP contribution in [0.25, 0.3) is 0 Å². The second-order valence-corrected chi connectivity index (χ2v) is 10.6. The van der Waals surface area contributed by atoms with Gasteiger partial charge in [0.15, 0.2) is 0 Å². The van der Waals surface area contributed by atoms with Crippen molar-refractivity contribution in [2.45, 2.75) is 90.8 Å². The van der Waals surface area contributed by atoms with Gasteiger partial charge in [0.05, 0.1) is 0 Å². The Kier molecular flexibility index (Phi) is 7.32. The van der Waals surface area contributed by atoms with Crippen molar-refractivity contribution in [2.24, 2.45) is 0 Å². The quantitative estimate of drug-likeness (QED) is 0.429. The molecule has 0 radical (unpaired) electrons. The summed E-state index contributed by atoms with van der Waals surface area (Å²) in [4.78, 5) is 0. The minimum atomic E-state index is 0.122. The Hall–Kier alpha value is -0.980. The van der Waals surface area contributed by atoms with E-state index in [1.165, 1.54) is 44.5 Å². The Morgan fingerprint density at radius 1 is 0.571 bits per heavy atom. The minimum absolute atomic E-state index is 0.122. The van der Waals surface area contributed by atoms with Crippen molar-refractivity contribution in [3.8, 4) is 0 Å². The number of benzene rings is 2. The van der Waals surface area contributed by atoms with Crippen LogP contribution in [0.3, 0.4) is 0 Å². The Bertz CT molecular complexity index is 761. The third-order valence-electron chi connectivity index (χ3n) is 5.93. The summed E-state index contributed by atoms with van der Waals surface area (Å²) in [6, 6.07) is 9.33. The summed E-state index contributed by atoms with van der Waals surface area (Å²) in [6.45, 7) is 18.0. The zero-order valence-corrected chi connectivity index (χ0v) is 20.4. The van der Waals surface area contributed by atoms with E-state index >= 15 is 0 Å². The SMILES string of the molecule is Cc1c(CCl)cc(C(C)(C)C)cc1CCc1cc(C(C)(C)C)cc(CCl)c1C. The van der Waals surface area contributed by atoms with Gasteiger partial charge in [0.25, 0.3) is 0 Å². The fraction of sp³-hybridized carbons (Fsp3) is 0.538. The monoisotopic (exact) mass is 418 g/mol. The lowest BCUT2D eigenvalue weighted by Crippen LogP contribution is -2.14. The van der Waals surface area contributed by atoms with Gasteiger partial charge in [-0.2, -0.15) is 0 Å². The molecule has 0 spiro atoms. The summed E-state index contributed by atoms with van der Waals surface area (Å²) in [5.41, 5.74) is 11.0. The zero-order chi connectivity index (χ0) is 21.3. The molecule has 0 fully saturated rings. The number of halogens is 2. The van der Waals surface area contributed by atoms with Gasteiger partial charge in [0.1, 0.15) is 0 Å². The van der Waals surface area contributed by atoms with E-state index in [0.717, 1.165) is 12.8 Å². The highest BCUT2D eigenvalue weighted by Crippen LogP contribution is 2.31. The molecule has 0 nitrogen and oxygen atoms in total. The maximum atomic E-state index is 6.26. The summed E-state index contributed by atoms with van der Waals surface area (Å²) < 4.78 is 0. The van der Waals surface area contributed by atoms with Gasteiger partial charge in [0, 0.05) is 11.8 Å². The number of aryl methyl sites for hydroxylation is 2. The molecule has 0 saturated heterocycles. The van der Waals surface area contributed by atoms with Crippen LogP contribution in [0.5, 0.6) is 0 Å². The van der Waals surface area contributed by atoms with Crippen LogP contribution in [-0.2, 0) is 35.4 Å². The smallest absolute Gasteiger partial charge is 0.0476 e. The molecule has 0 N–H and O–H groups in total. The number of rotatable bonds is 5. The van der Waals surface area contributed by atoms with Crippen molar-refractivity contribution >= 4 is 23.2 Å². The van der Waals surface area contributed by atoms with Gasteiger partial charge in [-0.3, -0.25) is 0 Å². The fourth-order valence-corrected chi connectivity index (χ4v) is 4.17. The molecule has 2 aromatic rings. The van der Waals surface area contributed by atoms with E-state index in [2.05, 4.69) is 79.7 Å². The molecule has 0 unspecified atom stereocenters. The summed E-state index contributed by atoms with van der Waals surface area (Å²) in [7, 11) is 0. The summed E-state index contributed by atoms with van der Waals surface area (Å²) in [5, 5.41) is 0. The molecule has 0 aromatic heterocycles. The second-order valence-electron chi connectivity index (χ2n) is 10.1. The van der Waals surface area contributed by atoms with Gasteiger partial charge < -0.3 is 0 Å². The first-order valence-electron chi connectivity index (χ1n) is 10.3. The van der Waals surface area contributed by atoms with Gasteiger partial charge in [0.2, 0.25) is 0 Å². The van der Waals surface area contributed by atoms with Gasteiger partial charge in [-0.25, -0.2) is 0 Å². The van der Waals surface area contributed by atoms with Gasteiger partial charge in [-0.1, -0.05) is 65.8 Å². The highest BCUT2D eigenvalue weighted by molar-refractivity contribution is 6.17. The molecular weight excluding hydrogens is 383 g/mol. The van der Waals surface area contributed by atoms with Crippen molar-refractivity contribution in [1.82, 2.24) is 0 Å². The lowest BCUT2D eigenvalue weighted by Gasteiger charge is -2.24. The molecular formula is C26H36Cl2. The maximum absolute atomic E-state index is 6.26. The second kappa shape index (κ2) is 8.80. The van der Waals surface area contributed by atoms with Gasteiger partial charge in [-0.15, -0.1) is 23.2 Å². The molecule has 0 bridgehead atoms. The lowest BCUT2D eigenvalue weighted by atomic mass is 9.81. The third kappa shape index (κ3) is 5.33. The first-order valence-corrected chi connectivity index (χ1v) is 11.3. The van der Waals surface area contributed by atoms with Crippen LogP contribution in [0.4, 0.5) is 0 Å². The van der Waals surface area contributed by atoms with Crippen molar-refractivity contribution in [3.63, 3.8) is 0 Å². The molecule has 0 aliphatic heterocycles. The Morgan fingerprint density at radius 3 is 1.11 bits per heavy atom. The predicted octanol–water partition coefficient (Wildman–Crippen LogP) is 8.16. The van der Waals surface area contributed by atoms with Crippen LogP contribution >= 0.6 is 23.2 Å². The van der Waals surface area contributed by atoms with Crippen molar-refractivity contribution < 1.29 is 0 Å². The van der Waals surface area contributed by atoms with E-state index in [4.69, 9.17) is 23.2 Å². The molecule has 0 amide bonds. The Labute approximate surface area is 182 Å².